The van der Waals surface area contributed by atoms with Crippen molar-refractivity contribution in [3.63, 3.8) is 0 Å². The number of carbonyl (C=O) groups is 3. The molecule has 0 radical (unpaired) electrons. The number of carbonyl (C=O) groups excluding carboxylic acids is 3. The number of epoxide rings is 1. The first kappa shape index (κ1) is 19.6. The van der Waals surface area contributed by atoms with E-state index in [2.05, 4.69) is 6.58 Å². The van der Waals surface area contributed by atoms with E-state index in [0.29, 0.717) is 18.4 Å². The summed E-state index contributed by atoms with van der Waals surface area (Å²) in [6, 6.07) is 0. The lowest BCUT2D eigenvalue weighted by Crippen LogP contribution is -2.39. The summed E-state index contributed by atoms with van der Waals surface area (Å²) >= 11 is 0. The minimum Gasteiger partial charge on any atom is -0.463 e. The minimum absolute atomic E-state index is 0.0294. The van der Waals surface area contributed by atoms with Crippen LogP contribution in [0.25, 0.3) is 0 Å². The molecule has 1 N–H and O–H groups in total. The van der Waals surface area contributed by atoms with Gasteiger partial charge in [0.15, 0.2) is 0 Å². The molecule has 0 spiro atoms. The van der Waals surface area contributed by atoms with Crippen molar-refractivity contribution >= 4 is 17.9 Å². The first-order valence-corrected chi connectivity index (χ1v) is 8.94. The second kappa shape index (κ2) is 7.44. The molecule has 0 amide bonds. The van der Waals surface area contributed by atoms with E-state index >= 15 is 0 Å². The SMILES string of the molecule is C=C1C(=O)O[C@@H]2/C=C(\CO)CC[C@H]3O[C@@]3(COC(C)=O)C[C@H](OC(C)=O)[C@@H]12. The second-order valence-electron chi connectivity index (χ2n) is 7.25. The van der Waals surface area contributed by atoms with Gasteiger partial charge in [-0.1, -0.05) is 6.58 Å². The molecule has 5 atom stereocenters. The molecule has 0 aromatic heterocycles. The van der Waals surface area contributed by atoms with Crippen molar-refractivity contribution in [2.45, 2.75) is 57.0 Å². The van der Waals surface area contributed by atoms with Gasteiger partial charge in [-0.2, -0.15) is 0 Å². The van der Waals surface area contributed by atoms with Crippen LogP contribution in [0.5, 0.6) is 0 Å². The van der Waals surface area contributed by atoms with Crippen LogP contribution in [-0.2, 0) is 33.3 Å². The van der Waals surface area contributed by atoms with E-state index in [4.69, 9.17) is 18.9 Å². The van der Waals surface area contributed by atoms with Gasteiger partial charge in [0.25, 0.3) is 0 Å². The lowest BCUT2D eigenvalue weighted by atomic mass is 9.82. The molecule has 0 unspecified atom stereocenters. The van der Waals surface area contributed by atoms with Crippen molar-refractivity contribution in [1.82, 2.24) is 0 Å². The normalized spacial score (nSPS) is 37.2. The van der Waals surface area contributed by atoms with Crippen molar-refractivity contribution in [2.75, 3.05) is 13.2 Å². The van der Waals surface area contributed by atoms with Gasteiger partial charge in [0.2, 0.25) is 0 Å². The highest BCUT2D eigenvalue weighted by Crippen LogP contribution is 2.48. The average Bonchev–Trinajstić information content (AvgIpc) is 3.20. The van der Waals surface area contributed by atoms with E-state index in [-0.39, 0.29) is 31.3 Å². The summed E-state index contributed by atoms with van der Waals surface area (Å²) in [5.41, 5.74) is 0.119. The first-order valence-electron chi connectivity index (χ1n) is 8.94. The monoisotopic (exact) mass is 380 g/mol. The summed E-state index contributed by atoms with van der Waals surface area (Å²) in [4.78, 5) is 35.1. The van der Waals surface area contributed by atoms with Gasteiger partial charge >= 0.3 is 17.9 Å². The first-order chi connectivity index (χ1) is 12.8. The Hall–Kier alpha value is -2.19. The Labute approximate surface area is 157 Å². The van der Waals surface area contributed by atoms with Crippen LogP contribution in [0.15, 0.2) is 23.8 Å². The number of ether oxygens (including phenoxy) is 4. The van der Waals surface area contributed by atoms with Gasteiger partial charge in [0.1, 0.15) is 24.4 Å². The molecule has 148 valence electrons. The molecule has 0 aromatic carbocycles. The summed E-state index contributed by atoms with van der Waals surface area (Å²) in [7, 11) is 0. The lowest BCUT2D eigenvalue weighted by molar-refractivity contribution is -0.153. The van der Waals surface area contributed by atoms with Crippen LogP contribution in [0.3, 0.4) is 0 Å². The Morgan fingerprint density at radius 2 is 2.11 bits per heavy atom. The molecule has 0 aromatic rings. The summed E-state index contributed by atoms with van der Waals surface area (Å²) in [5.74, 6) is -2.09. The predicted molar refractivity (Wildman–Crippen MR) is 91.3 cm³/mol. The van der Waals surface area contributed by atoms with Crippen molar-refractivity contribution in [3.8, 4) is 0 Å². The fraction of sp³-hybridized carbons (Fsp3) is 0.632. The number of esters is 3. The highest BCUT2D eigenvalue weighted by molar-refractivity contribution is 5.91. The van der Waals surface area contributed by atoms with E-state index in [1.165, 1.54) is 13.8 Å². The molecule has 2 heterocycles. The lowest BCUT2D eigenvalue weighted by Gasteiger charge is -2.29. The van der Waals surface area contributed by atoms with E-state index < -0.39 is 41.6 Å². The molecule has 0 saturated carbocycles. The van der Waals surface area contributed by atoms with E-state index in [1.54, 1.807) is 6.08 Å². The van der Waals surface area contributed by atoms with Gasteiger partial charge in [0.05, 0.1) is 18.6 Å². The molecular formula is C19H24O8. The maximum absolute atomic E-state index is 12.1. The van der Waals surface area contributed by atoms with Crippen LogP contribution in [0.2, 0.25) is 0 Å². The summed E-state index contributed by atoms with van der Waals surface area (Å²) in [6.45, 7) is 6.25. The Bertz CT molecular complexity index is 696. The number of aliphatic hydroxyl groups excluding tert-OH is 1. The molecule has 8 heteroatoms. The Kier molecular flexibility index (Phi) is 5.39. The standard InChI is InChI=1S/C19H24O8/c1-10-17-14(26-18(10)23)6-13(8-20)4-5-16-19(27-16,9-24-11(2)21)7-15(17)25-12(3)22/h6,14-17,20H,1,4-5,7-9H2,2-3H3/b13-6-/t14-,15+,16-,17+,19-/m1/s1. The Morgan fingerprint density at radius 1 is 1.37 bits per heavy atom. The summed E-state index contributed by atoms with van der Waals surface area (Å²) in [6.07, 6.45) is 1.50. The average molecular weight is 380 g/mol. The maximum Gasteiger partial charge on any atom is 0.334 e. The zero-order valence-electron chi connectivity index (χ0n) is 15.4. The quantitative estimate of drug-likeness (QED) is 0.251. The molecule has 2 saturated heterocycles. The third-order valence-corrected chi connectivity index (χ3v) is 5.28. The zero-order chi connectivity index (χ0) is 19.8. The fourth-order valence-electron chi connectivity index (χ4n) is 3.90. The van der Waals surface area contributed by atoms with Crippen LogP contribution >= 0.6 is 0 Å². The van der Waals surface area contributed by atoms with Gasteiger partial charge in [-0.05, 0) is 24.5 Å². The van der Waals surface area contributed by atoms with E-state index in [0.717, 1.165) is 0 Å². The number of hydrogen-bond donors (Lipinski definition) is 1. The molecule has 0 bridgehead atoms. The number of aliphatic hydroxyl groups is 1. The van der Waals surface area contributed by atoms with Crippen LogP contribution in [0.4, 0.5) is 0 Å². The fourth-order valence-corrected chi connectivity index (χ4v) is 3.90. The highest BCUT2D eigenvalue weighted by atomic mass is 16.6. The van der Waals surface area contributed by atoms with Gasteiger partial charge < -0.3 is 24.1 Å². The molecule has 3 rings (SSSR count). The molecule has 3 aliphatic rings. The number of rotatable bonds is 4. The third-order valence-electron chi connectivity index (χ3n) is 5.28. The van der Waals surface area contributed by atoms with Crippen LogP contribution in [0.1, 0.15) is 33.1 Å². The van der Waals surface area contributed by atoms with Crippen molar-refractivity contribution in [1.29, 1.82) is 0 Å². The molecule has 2 aliphatic heterocycles. The topological polar surface area (TPSA) is 112 Å². The second-order valence-corrected chi connectivity index (χ2v) is 7.25. The highest BCUT2D eigenvalue weighted by Gasteiger charge is 2.60. The molecule has 2 fully saturated rings. The largest absolute Gasteiger partial charge is 0.463 e. The maximum atomic E-state index is 12.1. The van der Waals surface area contributed by atoms with Crippen molar-refractivity contribution < 1.29 is 38.4 Å². The van der Waals surface area contributed by atoms with Crippen molar-refractivity contribution in [2.24, 2.45) is 5.92 Å². The van der Waals surface area contributed by atoms with Gasteiger partial charge in [-0.15, -0.1) is 0 Å². The van der Waals surface area contributed by atoms with E-state index in [9.17, 15) is 19.5 Å². The van der Waals surface area contributed by atoms with Gasteiger partial charge in [-0.25, -0.2) is 4.79 Å². The summed E-state index contributed by atoms with van der Waals surface area (Å²) in [5, 5.41) is 9.65. The van der Waals surface area contributed by atoms with Gasteiger partial charge in [-0.3, -0.25) is 9.59 Å². The molecule has 8 nitrogen and oxygen atoms in total. The summed E-state index contributed by atoms with van der Waals surface area (Å²) < 4.78 is 21.9. The number of fused-ring (bicyclic) bond motifs is 2. The molecular weight excluding hydrogens is 356 g/mol. The third kappa shape index (κ3) is 4.06. The van der Waals surface area contributed by atoms with Gasteiger partial charge in [0, 0.05) is 25.8 Å². The minimum atomic E-state index is -0.792. The zero-order valence-corrected chi connectivity index (χ0v) is 15.4. The Morgan fingerprint density at radius 3 is 2.74 bits per heavy atom. The van der Waals surface area contributed by atoms with Crippen LogP contribution in [-0.4, -0.2) is 60.1 Å². The van der Waals surface area contributed by atoms with Crippen LogP contribution in [0, 0.1) is 5.92 Å². The van der Waals surface area contributed by atoms with Crippen molar-refractivity contribution in [3.05, 3.63) is 23.8 Å². The Balaban J connectivity index is 1.95. The van der Waals surface area contributed by atoms with E-state index in [1.807, 2.05) is 0 Å². The molecule has 27 heavy (non-hydrogen) atoms. The number of hydrogen-bond acceptors (Lipinski definition) is 8. The molecule has 1 aliphatic carbocycles. The smallest absolute Gasteiger partial charge is 0.334 e. The van der Waals surface area contributed by atoms with Crippen LogP contribution < -0.4 is 0 Å². The predicted octanol–water partition coefficient (Wildman–Crippen LogP) is 0.819.